The fraction of sp³-hybridized carbons (Fsp3) is 0.250. The van der Waals surface area contributed by atoms with Crippen molar-refractivity contribution < 1.29 is 29.1 Å². The van der Waals surface area contributed by atoms with Gasteiger partial charge in [0.25, 0.3) is 5.69 Å². The summed E-state index contributed by atoms with van der Waals surface area (Å²) < 4.78 is 11.0. The third kappa shape index (κ3) is 3.60. The molecule has 1 aromatic heterocycles. The first-order chi connectivity index (χ1) is 11.9. The Bertz CT molecular complexity index is 826. The van der Waals surface area contributed by atoms with Gasteiger partial charge < -0.3 is 19.1 Å². The predicted octanol–water partition coefficient (Wildman–Crippen LogP) is 2.44. The SMILES string of the molecule is CCOC(=O)c1c(O)cn(-c2cccc([N+](=O)[O-])c2)c1C(=O)OCC. The molecule has 132 valence electrons. The van der Waals surface area contributed by atoms with Crippen molar-refractivity contribution in [1.82, 2.24) is 4.57 Å². The van der Waals surface area contributed by atoms with E-state index in [-0.39, 0.29) is 35.8 Å². The molecule has 0 amide bonds. The van der Waals surface area contributed by atoms with Crippen LogP contribution in [0.4, 0.5) is 5.69 Å². The first-order valence-electron chi connectivity index (χ1n) is 7.44. The van der Waals surface area contributed by atoms with Crippen molar-refractivity contribution >= 4 is 17.6 Å². The number of hydrogen-bond acceptors (Lipinski definition) is 7. The Morgan fingerprint density at radius 3 is 2.44 bits per heavy atom. The molecule has 9 nitrogen and oxygen atoms in total. The van der Waals surface area contributed by atoms with Crippen molar-refractivity contribution in [3.63, 3.8) is 0 Å². The summed E-state index contributed by atoms with van der Waals surface area (Å²) in [5.74, 6) is -2.25. The van der Waals surface area contributed by atoms with Crippen molar-refractivity contribution in [2.45, 2.75) is 13.8 Å². The lowest BCUT2D eigenvalue weighted by Crippen LogP contribution is -2.16. The van der Waals surface area contributed by atoms with Crippen LogP contribution in [0.1, 0.15) is 34.7 Å². The zero-order valence-electron chi connectivity index (χ0n) is 13.6. The molecule has 0 radical (unpaired) electrons. The van der Waals surface area contributed by atoms with Crippen LogP contribution in [0.3, 0.4) is 0 Å². The van der Waals surface area contributed by atoms with Gasteiger partial charge in [-0.1, -0.05) is 6.07 Å². The monoisotopic (exact) mass is 348 g/mol. The molecule has 0 aliphatic carbocycles. The highest BCUT2D eigenvalue weighted by Gasteiger charge is 2.29. The molecule has 0 bridgehead atoms. The standard InChI is InChI=1S/C16H16N2O7/c1-3-24-15(20)13-12(19)9-17(14(13)16(21)25-4-2)10-6-5-7-11(8-10)18(22)23/h5-9,19H,3-4H2,1-2H3. The smallest absolute Gasteiger partial charge is 0.356 e. The summed E-state index contributed by atoms with van der Waals surface area (Å²) >= 11 is 0. The first kappa shape index (κ1) is 18.0. The van der Waals surface area contributed by atoms with Gasteiger partial charge in [0, 0.05) is 12.1 Å². The van der Waals surface area contributed by atoms with E-state index in [2.05, 4.69) is 0 Å². The van der Waals surface area contributed by atoms with Crippen molar-refractivity contribution in [3.05, 3.63) is 51.8 Å². The highest BCUT2D eigenvalue weighted by Crippen LogP contribution is 2.29. The third-order valence-corrected chi connectivity index (χ3v) is 3.25. The number of esters is 2. The minimum atomic E-state index is -0.896. The Balaban J connectivity index is 2.67. The van der Waals surface area contributed by atoms with Gasteiger partial charge in [-0.25, -0.2) is 9.59 Å². The van der Waals surface area contributed by atoms with Gasteiger partial charge >= 0.3 is 11.9 Å². The number of ether oxygens (including phenoxy) is 2. The maximum atomic E-state index is 12.3. The van der Waals surface area contributed by atoms with Crippen LogP contribution in [0, 0.1) is 10.1 Å². The van der Waals surface area contributed by atoms with E-state index in [1.807, 2.05) is 0 Å². The molecule has 2 rings (SSSR count). The Hall–Kier alpha value is -3.36. The summed E-state index contributed by atoms with van der Waals surface area (Å²) in [4.78, 5) is 34.8. The van der Waals surface area contributed by atoms with E-state index in [1.54, 1.807) is 13.8 Å². The minimum Gasteiger partial charge on any atom is -0.505 e. The van der Waals surface area contributed by atoms with E-state index in [9.17, 15) is 24.8 Å². The predicted molar refractivity (Wildman–Crippen MR) is 86.0 cm³/mol. The van der Waals surface area contributed by atoms with Crippen molar-refractivity contribution in [2.75, 3.05) is 13.2 Å². The van der Waals surface area contributed by atoms with E-state index in [4.69, 9.17) is 9.47 Å². The minimum absolute atomic E-state index is 0.0436. The van der Waals surface area contributed by atoms with Crippen LogP contribution < -0.4 is 0 Å². The van der Waals surface area contributed by atoms with E-state index < -0.39 is 22.6 Å². The summed E-state index contributed by atoms with van der Waals surface area (Å²) in [5, 5.41) is 21.1. The molecule has 1 heterocycles. The van der Waals surface area contributed by atoms with Crippen molar-refractivity contribution in [1.29, 1.82) is 0 Å². The quantitative estimate of drug-likeness (QED) is 0.483. The molecule has 0 saturated carbocycles. The van der Waals surface area contributed by atoms with Crippen molar-refractivity contribution in [3.8, 4) is 11.4 Å². The van der Waals surface area contributed by atoms with Crippen LogP contribution in [-0.4, -0.2) is 39.7 Å². The third-order valence-electron chi connectivity index (χ3n) is 3.25. The van der Waals surface area contributed by atoms with Crippen LogP contribution in [0.25, 0.3) is 5.69 Å². The molecule has 2 aromatic rings. The molecule has 0 aliphatic heterocycles. The van der Waals surface area contributed by atoms with Crippen LogP contribution in [-0.2, 0) is 9.47 Å². The average molecular weight is 348 g/mol. The maximum Gasteiger partial charge on any atom is 0.356 e. The molecule has 1 N–H and O–H groups in total. The summed E-state index contributed by atoms with van der Waals surface area (Å²) in [6, 6.07) is 5.40. The second kappa shape index (κ2) is 7.47. The second-order valence-corrected chi connectivity index (χ2v) is 4.83. The summed E-state index contributed by atoms with van der Waals surface area (Å²) in [5.41, 5.74) is -0.619. The number of carbonyl (C=O) groups excluding carboxylic acids is 2. The van der Waals surface area contributed by atoms with Crippen LogP contribution in [0.2, 0.25) is 0 Å². The van der Waals surface area contributed by atoms with Gasteiger partial charge in [0.2, 0.25) is 0 Å². The van der Waals surface area contributed by atoms with E-state index in [0.29, 0.717) is 0 Å². The number of nitrogens with zero attached hydrogens (tertiary/aromatic N) is 2. The molecule has 0 saturated heterocycles. The van der Waals surface area contributed by atoms with E-state index >= 15 is 0 Å². The summed E-state index contributed by atoms with van der Waals surface area (Å²) in [6.07, 6.45) is 1.11. The fourth-order valence-electron chi connectivity index (χ4n) is 2.26. The van der Waals surface area contributed by atoms with Crippen LogP contribution >= 0.6 is 0 Å². The number of nitro benzene ring substituents is 1. The largest absolute Gasteiger partial charge is 0.505 e. The highest BCUT2D eigenvalue weighted by atomic mass is 16.6. The molecular formula is C16H16N2O7. The van der Waals surface area contributed by atoms with Gasteiger partial charge in [0.1, 0.15) is 11.3 Å². The zero-order chi connectivity index (χ0) is 18.6. The second-order valence-electron chi connectivity index (χ2n) is 4.83. The number of nitro groups is 1. The van der Waals surface area contributed by atoms with Crippen molar-refractivity contribution in [2.24, 2.45) is 0 Å². The number of rotatable bonds is 6. The molecule has 0 atom stereocenters. The van der Waals surface area contributed by atoms with Gasteiger partial charge in [0.05, 0.1) is 30.0 Å². The molecular weight excluding hydrogens is 332 g/mol. The Labute approximate surface area is 142 Å². The first-order valence-corrected chi connectivity index (χ1v) is 7.44. The Morgan fingerprint density at radius 1 is 1.20 bits per heavy atom. The Kier molecular flexibility index (Phi) is 5.38. The number of aromatic hydroxyl groups is 1. The number of hydrogen-bond donors (Lipinski definition) is 1. The number of non-ortho nitro benzene ring substituents is 1. The molecule has 1 aromatic carbocycles. The highest BCUT2D eigenvalue weighted by molar-refractivity contribution is 6.05. The molecule has 9 heteroatoms. The zero-order valence-corrected chi connectivity index (χ0v) is 13.6. The lowest BCUT2D eigenvalue weighted by molar-refractivity contribution is -0.384. The van der Waals surface area contributed by atoms with Gasteiger partial charge in [-0.2, -0.15) is 0 Å². The molecule has 0 spiro atoms. The lowest BCUT2D eigenvalue weighted by atomic mass is 10.2. The topological polar surface area (TPSA) is 121 Å². The number of carbonyl (C=O) groups is 2. The lowest BCUT2D eigenvalue weighted by Gasteiger charge is -2.10. The molecule has 0 fully saturated rings. The maximum absolute atomic E-state index is 12.3. The van der Waals surface area contributed by atoms with E-state index in [1.165, 1.54) is 24.3 Å². The number of benzene rings is 1. The van der Waals surface area contributed by atoms with Gasteiger partial charge in [-0.05, 0) is 19.9 Å². The molecule has 25 heavy (non-hydrogen) atoms. The summed E-state index contributed by atoms with van der Waals surface area (Å²) in [6.45, 7) is 3.25. The Morgan fingerprint density at radius 2 is 1.84 bits per heavy atom. The van der Waals surface area contributed by atoms with Gasteiger partial charge in [-0.3, -0.25) is 10.1 Å². The summed E-state index contributed by atoms with van der Waals surface area (Å²) in [7, 11) is 0. The normalized spacial score (nSPS) is 10.3. The average Bonchev–Trinajstić information content (AvgIpc) is 2.93. The number of aromatic nitrogens is 1. The van der Waals surface area contributed by atoms with Gasteiger partial charge in [0.15, 0.2) is 5.69 Å². The van der Waals surface area contributed by atoms with Crippen LogP contribution in [0.15, 0.2) is 30.5 Å². The molecule has 0 aliphatic rings. The van der Waals surface area contributed by atoms with E-state index in [0.717, 1.165) is 10.8 Å². The molecule has 0 unspecified atom stereocenters. The van der Waals surface area contributed by atoms with Crippen LogP contribution in [0.5, 0.6) is 5.75 Å². The fourth-order valence-corrected chi connectivity index (χ4v) is 2.26. The van der Waals surface area contributed by atoms with Gasteiger partial charge in [-0.15, -0.1) is 0 Å².